The van der Waals surface area contributed by atoms with Gasteiger partial charge in [0, 0.05) is 26.2 Å². The molecule has 1 aliphatic heterocycles. The molecule has 1 aromatic rings. The number of ether oxygens (including phenoxy) is 1. The summed E-state index contributed by atoms with van der Waals surface area (Å²) in [6, 6.07) is 10.5. The van der Waals surface area contributed by atoms with Gasteiger partial charge in [0.15, 0.2) is 0 Å². The monoisotopic (exact) mass is 276 g/mol. The lowest BCUT2D eigenvalue weighted by atomic mass is 10.1. The number of amides is 2. The van der Waals surface area contributed by atoms with Crippen molar-refractivity contribution in [2.45, 2.75) is 32.3 Å². The molecule has 1 aliphatic rings. The molecule has 0 bridgehead atoms. The summed E-state index contributed by atoms with van der Waals surface area (Å²) in [6.07, 6.45) is 3.23. The van der Waals surface area contributed by atoms with Crippen molar-refractivity contribution in [2.75, 3.05) is 26.2 Å². The van der Waals surface area contributed by atoms with Crippen LogP contribution in [-0.2, 0) is 11.2 Å². The van der Waals surface area contributed by atoms with E-state index in [2.05, 4.69) is 29.6 Å². The number of hydrogen-bond acceptors (Lipinski definition) is 2. The summed E-state index contributed by atoms with van der Waals surface area (Å²) >= 11 is 0. The van der Waals surface area contributed by atoms with Gasteiger partial charge in [-0.2, -0.15) is 0 Å². The van der Waals surface area contributed by atoms with Crippen LogP contribution in [0.15, 0.2) is 30.3 Å². The van der Waals surface area contributed by atoms with Gasteiger partial charge >= 0.3 is 6.03 Å². The van der Waals surface area contributed by atoms with Crippen molar-refractivity contribution in [2.24, 2.45) is 0 Å². The van der Waals surface area contributed by atoms with Gasteiger partial charge in [0.05, 0.1) is 6.10 Å². The number of nitrogens with one attached hydrogen (secondary N) is 1. The molecule has 2 amide bonds. The van der Waals surface area contributed by atoms with Crippen LogP contribution in [0.2, 0.25) is 0 Å². The summed E-state index contributed by atoms with van der Waals surface area (Å²) < 4.78 is 5.86. The number of rotatable bonds is 6. The van der Waals surface area contributed by atoms with Crippen LogP contribution in [0.25, 0.3) is 0 Å². The van der Waals surface area contributed by atoms with Gasteiger partial charge in [-0.15, -0.1) is 0 Å². The second-order valence-corrected chi connectivity index (χ2v) is 5.15. The summed E-state index contributed by atoms with van der Waals surface area (Å²) in [6.45, 7) is 4.90. The topological polar surface area (TPSA) is 41.6 Å². The second-order valence-electron chi connectivity index (χ2n) is 5.15. The molecular weight excluding hydrogens is 252 g/mol. The average molecular weight is 276 g/mol. The molecule has 0 aromatic heterocycles. The Hall–Kier alpha value is -1.55. The Morgan fingerprint density at radius 3 is 2.95 bits per heavy atom. The van der Waals surface area contributed by atoms with Gasteiger partial charge in [0.25, 0.3) is 0 Å². The zero-order chi connectivity index (χ0) is 14.2. The van der Waals surface area contributed by atoms with E-state index in [4.69, 9.17) is 4.74 Å². The first-order chi connectivity index (χ1) is 9.79. The van der Waals surface area contributed by atoms with Crippen molar-refractivity contribution >= 4 is 6.03 Å². The molecule has 1 saturated heterocycles. The van der Waals surface area contributed by atoms with Crippen LogP contribution in [0.4, 0.5) is 4.79 Å². The van der Waals surface area contributed by atoms with Gasteiger partial charge in [-0.05, 0) is 31.7 Å². The third kappa shape index (κ3) is 4.53. The fourth-order valence-electron chi connectivity index (χ4n) is 2.48. The van der Waals surface area contributed by atoms with Crippen molar-refractivity contribution in [1.29, 1.82) is 0 Å². The molecule has 1 atom stereocenters. The van der Waals surface area contributed by atoms with Crippen molar-refractivity contribution in [3.63, 3.8) is 0 Å². The van der Waals surface area contributed by atoms with Crippen molar-refractivity contribution in [3.05, 3.63) is 35.9 Å². The van der Waals surface area contributed by atoms with Crippen LogP contribution in [0.1, 0.15) is 25.3 Å². The van der Waals surface area contributed by atoms with E-state index < -0.39 is 0 Å². The first-order valence-electron chi connectivity index (χ1n) is 7.48. The zero-order valence-corrected chi connectivity index (χ0v) is 12.2. The van der Waals surface area contributed by atoms with E-state index >= 15 is 0 Å². The van der Waals surface area contributed by atoms with E-state index in [1.54, 1.807) is 0 Å². The van der Waals surface area contributed by atoms with E-state index in [9.17, 15) is 4.79 Å². The fourth-order valence-corrected chi connectivity index (χ4v) is 2.48. The van der Waals surface area contributed by atoms with Crippen molar-refractivity contribution in [3.8, 4) is 0 Å². The quantitative estimate of drug-likeness (QED) is 0.811. The highest BCUT2D eigenvalue weighted by Gasteiger charge is 2.26. The second kappa shape index (κ2) is 7.90. The molecular formula is C16H24N2O2. The third-order valence-corrected chi connectivity index (χ3v) is 3.57. The molecule has 1 aromatic carbocycles. The van der Waals surface area contributed by atoms with Gasteiger partial charge in [-0.25, -0.2) is 4.79 Å². The number of nitrogens with zero attached hydrogens (tertiary/aromatic N) is 1. The molecule has 0 saturated carbocycles. The predicted molar refractivity (Wildman–Crippen MR) is 79.8 cm³/mol. The number of likely N-dealkylation sites (tertiary alicyclic amines) is 1. The van der Waals surface area contributed by atoms with Crippen LogP contribution in [0.3, 0.4) is 0 Å². The minimum absolute atomic E-state index is 0.0304. The van der Waals surface area contributed by atoms with Crippen LogP contribution in [-0.4, -0.2) is 43.3 Å². The molecule has 0 aliphatic carbocycles. The fraction of sp³-hybridized carbons (Fsp3) is 0.562. The summed E-state index contributed by atoms with van der Waals surface area (Å²) in [5.74, 6) is 0. The lowest BCUT2D eigenvalue weighted by Crippen LogP contribution is -2.38. The lowest BCUT2D eigenvalue weighted by Gasteiger charge is -2.16. The van der Waals surface area contributed by atoms with E-state index in [1.165, 1.54) is 5.56 Å². The molecule has 1 fully saturated rings. The highest BCUT2D eigenvalue weighted by Crippen LogP contribution is 2.13. The molecule has 20 heavy (non-hydrogen) atoms. The van der Waals surface area contributed by atoms with Crippen LogP contribution >= 0.6 is 0 Å². The SMILES string of the molecule is CCNC(=O)N1CC[C@@H](OCCCc2ccccc2)C1. The van der Waals surface area contributed by atoms with Gasteiger partial charge in [-0.1, -0.05) is 30.3 Å². The molecule has 1 N–H and O–H groups in total. The first-order valence-corrected chi connectivity index (χ1v) is 7.48. The Morgan fingerprint density at radius 2 is 2.20 bits per heavy atom. The predicted octanol–water partition coefficient (Wildman–Crippen LogP) is 2.44. The standard InChI is InChI=1S/C16H24N2O2/c1-2-17-16(19)18-11-10-15(13-18)20-12-6-9-14-7-4-3-5-8-14/h3-5,7-8,15H,2,6,9-13H2,1H3,(H,17,19)/t15-/m1/s1. The maximum absolute atomic E-state index is 11.7. The number of carbonyl (C=O) groups is 1. The summed E-state index contributed by atoms with van der Waals surface area (Å²) in [7, 11) is 0. The van der Waals surface area contributed by atoms with E-state index in [0.717, 1.165) is 39.0 Å². The number of benzene rings is 1. The van der Waals surface area contributed by atoms with Crippen molar-refractivity contribution in [1.82, 2.24) is 10.2 Å². The maximum atomic E-state index is 11.7. The van der Waals surface area contributed by atoms with Gasteiger partial charge < -0.3 is 15.0 Å². The Labute approximate surface area is 121 Å². The molecule has 2 rings (SSSR count). The Balaban J connectivity index is 1.60. The Kier molecular flexibility index (Phi) is 5.87. The van der Waals surface area contributed by atoms with Crippen LogP contribution in [0.5, 0.6) is 0 Å². The minimum Gasteiger partial charge on any atom is -0.376 e. The van der Waals surface area contributed by atoms with Gasteiger partial charge in [-0.3, -0.25) is 0 Å². The van der Waals surface area contributed by atoms with Gasteiger partial charge in [0.1, 0.15) is 0 Å². The molecule has 4 heteroatoms. The maximum Gasteiger partial charge on any atom is 0.317 e. The molecule has 0 radical (unpaired) electrons. The van der Waals surface area contributed by atoms with Crippen molar-refractivity contribution < 1.29 is 9.53 Å². The van der Waals surface area contributed by atoms with E-state index in [-0.39, 0.29) is 12.1 Å². The summed E-state index contributed by atoms with van der Waals surface area (Å²) in [5, 5.41) is 2.83. The molecule has 0 unspecified atom stereocenters. The third-order valence-electron chi connectivity index (χ3n) is 3.57. The van der Waals surface area contributed by atoms with Crippen LogP contribution in [0, 0.1) is 0 Å². The Morgan fingerprint density at radius 1 is 1.40 bits per heavy atom. The highest BCUT2D eigenvalue weighted by molar-refractivity contribution is 5.74. The van der Waals surface area contributed by atoms with Gasteiger partial charge in [0.2, 0.25) is 0 Å². The average Bonchev–Trinajstić information content (AvgIpc) is 2.94. The number of urea groups is 1. The molecule has 0 spiro atoms. The zero-order valence-electron chi connectivity index (χ0n) is 12.2. The summed E-state index contributed by atoms with van der Waals surface area (Å²) in [4.78, 5) is 13.5. The first kappa shape index (κ1) is 14.9. The lowest BCUT2D eigenvalue weighted by molar-refractivity contribution is 0.0597. The normalized spacial score (nSPS) is 18.2. The largest absolute Gasteiger partial charge is 0.376 e. The molecule has 110 valence electrons. The highest BCUT2D eigenvalue weighted by atomic mass is 16.5. The summed E-state index contributed by atoms with van der Waals surface area (Å²) in [5.41, 5.74) is 1.35. The minimum atomic E-state index is 0.0304. The smallest absolute Gasteiger partial charge is 0.317 e. The van der Waals surface area contributed by atoms with Crippen LogP contribution < -0.4 is 5.32 Å². The van der Waals surface area contributed by atoms with E-state index in [1.807, 2.05) is 17.9 Å². The van der Waals surface area contributed by atoms with E-state index in [0.29, 0.717) is 6.54 Å². The molecule has 4 nitrogen and oxygen atoms in total. The number of hydrogen-bond donors (Lipinski definition) is 1. The number of carbonyl (C=O) groups excluding carboxylic acids is 1. The Bertz CT molecular complexity index is 408. The number of aryl methyl sites for hydroxylation is 1. The molecule has 1 heterocycles.